The van der Waals surface area contributed by atoms with Crippen LogP contribution < -0.4 is 11.1 Å². The Morgan fingerprint density at radius 2 is 2.35 bits per heavy atom. The van der Waals surface area contributed by atoms with Crippen LogP contribution in [0.3, 0.4) is 0 Å². The zero-order chi connectivity index (χ0) is 12.4. The normalized spacial score (nSPS) is 22.2. The van der Waals surface area contributed by atoms with E-state index in [1.54, 1.807) is 12.1 Å². The van der Waals surface area contributed by atoms with Gasteiger partial charge in [-0.25, -0.2) is 0 Å². The van der Waals surface area contributed by atoms with E-state index in [0.717, 1.165) is 11.6 Å². The molecule has 2 unspecified atom stereocenters. The van der Waals surface area contributed by atoms with Crippen molar-refractivity contribution in [1.29, 1.82) is 0 Å². The molecule has 0 aliphatic heterocycles. The maximum absolute atomic E-state index is 10.6. The molecule has 17 heavy (non-hydrogen) atoms. The molecule has 1 aliphatic carbocycles. The first-order valence-corrected chi connectivity index (χ1v) is 5.92. The summed E-state index contributed by atoms with van der Waals surface area (Å²) in [7, 11) is 0. The van der Waals surface area contributed by atoms with E-state index in [4.69, 9.17) is 5.73 Å². The molecule has 2 atom stereocenters. The predicted octanol–water partition coefficient (Wildman–Crippen LogP) is 2.78. The van der Waals surface area contributed by atoms with Crippen molar-refractivity contribution >= 4 is 17.1 Å². The first-order chi connectivity index (χ1) is 8.11. The number of nitrogens with one attached hydrogen (secondary N) is 1. The highest BCUT2D eigenvalue weighted by Gasteiger charge is 2.35. The molecule has 1 aliphatic rings. The Hall–Kier alpha value is -1.78. The van der Waals surface area contributed by atoms with Crippen LogP contribution in [0.2, 0.25) is 0 Å². The average molecular weight is 235 g/mol. The van der Waals surface area contributed by atoms with Crippen molar-refractivity contribution in [2.24, 2.45) is 5.92 Å². The highest BCUT2D eigenvalue weighted by atomic mass is 16.6. The molecule has 5 nitrogen and oxygen atoms in total. The minimum Gasteiger partial charge on any atom is -0.393 e. The minimum atomic E-state index is -0.462. The Labute approximate surface area is 100 Å². The molecule has 1 aromatic carbocycles. The van der Waals surface area contributed by atoms with Crippen LogP contribution in [0.1, 0.15) is 26.2 Å². The van der Waals surface area contributed by atoms with Crippen LogP contribution in [-0.4, -0.2) is 11.0 Å². The monoisotopic (exact) mass is 235 g/mol. The molecule has 0 aromatic heterocycles. The molecule has 0 saturated heterocycles. The lowest BCUT2D eigenvalue weighted by atomic mass is 10.2. The lowest BCUT2D eigenvalue weighted by Gasteiger charge is -2.06. The van der Waals surface area contributed by atoms with Gasteiger partial charge in [-0.15, -0.1) is 0 Å². The summed E-state index contributed by atoms with van der Waals surface area (Å²) < 4.78 is 0. The largest absolute Gasteiger partial charge is 0.393 e. The van der Waals surface area contributed by atoms with Crippen molar-refractivity contribution in [3.8, 4) is 0 Å². The second kappa shape index (κ2) is 4.61. The summed E-state index contributed by atoms with van der Waals surface area (Å²) in [6.45, 7) is 2.18. The zero-order valence-electron chi connectivity index (χ0n) is 9.85. The maximum atomic E-state index is 10.6. The number of hydrogen-bond acceptors (Lipinski definition) is 4. The van der Waals surface area contributed by atoms with E-state index in [9.17, 15) is 10.1 Å². The first kappa shape index (κ1) is 11.7. The molecule has 1 fully saturated rings. The number of nitrogens with zero attached hydrogens (tertiary/aromatic N) is 1. The van der Waals surface area contributed by atoms with Crippen molar-refractivity contribution in [1.82, 2.24) is 0 Å². The first-order valence-electron chi connectivity index (χ1n) is 5.92. The molecular weight excluding hydrogens is 218 g/mol. The molecule has 2 rings (SSSR count). The number of nitro groups is 1. The second-order valence-corrected chi connectivity index (χ2v) is 4.57. The van der Waals surface area contributed by atoms with E-state index in [1.165, 1.54) is 25.3 Å². The van der Waals surface area contributed by atoms with Crippen LogP contribution >= 0.6 is 0 Å². The molecule has 1 saturated carbocycles. The molecule has 3 N–H and O–H groups in total. The Bertz CT molecular complexity index is 434. The third-order valence-electron chi connectivity index (χ3n) is 3.16. The summed E-state index contributed by atoms with van der Waals surface area (Å²) in [5.74, 6) is 0.747. The van der Waals surface area contributed by atoms with E-state index in [-0.39, 0.29) is 11.4 Å². The summed E-state index contributed by atoms with van der Waals surface area (Å²) in [5.41, 5.74) is 6.69. The highest BCUT2D eigenvalue weighted by molar-refractivity contribution is 5.66. The lowest BCUT2D eigenvalue weighted by molar-refractivity contribution is -0.383. The van der Waals surface area contributed by atoms with Gasteiger partial charge >= 0.3 is 0 Å². The number of benzene rings is 1. The van der Waals surface area contributed by atoms with Gasteiger partial charge in [-0.1, -0.05) is 13.3 Å². The molecule has 5 heteroatoms. The molecule has 92 valence electrons. The van der Waals surface area contributed by atoms with Gasteiger partial charge in [-0.2, -0.15) is 0 Å². The van der Waals surface area contributed by atoms with Crippen LogP contribution in [0, 0.1) is 16.0 Å². The van der Waals surface area contributed by atoms with Crippen molar-refractivity contribution in [3.05, 3.63) is 28.3 Å². The molecule has 0 spiro atoms. The number of rotatable bonds is 5. The topological polar surface area (TPSA) is 81.2 Å². The minimum absolute atomic E-state index is 0.0311. The van der Waals surface area contributed by atoms with E-state index in [1.807, 2.05) is 0 Å². The summed E-state index contributed by atoms with van der Waals surface area (Å²) in [6.07, 6.45) is 3.62. The quantitative estimate of drug-likeness (QED) is 0.467. The third kappa shape index (κ3) is 2.67. The second-order valence-electron chi connectivity index (χ2n) is 4.57. The summed E-state index contributed by atoms with van der Waals surface area (Å²) in [6, 6.07) is 5.32. The number of nitrogen functional groups attached to an aromatic ring is 1. The molecular formula is C12H17N3O2. The SMILES string of the molecule is CCCC1CC1Nc1ccc([N+](=O)[O-])c(N)c1. The van der Waals surface area contributed by atoms with Gasteiger partial charge in [0.2, 0.25) is 0 Å². The standard InChI is InChI=1S/C12H17N3O2/c1-2-3-8-6-11(8)14-9-4-5-12(15(16)17)10(13)7-9/h4-5,7-8,11,14H,2-3,6,13H2,1H3. The number of hydrogen-bond donors (Lipinski definition) is 2. The van der Waals surface area contributed by atoms with Crippen molar-refractivity contribution < 1.29 is 4.92 Å². The smallest absolute Gasteiger partial charge is 0.292 e. The van der Waals surface area contributed by atoms with Crippen molar-refractivity contribution in [3.63, 3.8) is 0 Å². The summed E-state index contributed by atoms with van der Waals surface area (Å²) in [5, 5.41) is 14.0. The van der Waals surface area contributed by atoms with Crippen LogP contribution in [0.15, 0.2) is 18.2 Å². The van der Waals surface area contributed by atoms with Gasteiger partial charge in [-0.3, -0.25) is 10.1 Å². The maximum Gasteiger partial charge on any atom is 0.292 e. The Kier molecular flexibility index (Phi) is 3.17. The number of nitrogens with two attached hydrogens (primary N) is 1. The van der Waals surface area contributed by atoms with E-state index in [2.05, 4.69) is 12.2 Å². The highest BCUT2D eigenvalue weighted by Crippen LogP contribution is 2.38. The van der Waals surface area contributed by atoms with E-state index in [0.29, 0.717) is 6.04 Å². The lowest BCUT2D eigenvalue weighted by Crippen LogP contribution is -2.05. The summed E-state index contributed by atoms with van der Waals surface area (Å²) >= 11 is 0. The fraction of sp³-hybridized carbons (Fsp3) is 0.500. The van der Waals surface area contributed by atoms with Crippen LogP contribution in [0.4, 0.5) is 17.1 Å². The molecule has 0 amide bonds. The fourth-order valence-electron chi connectivity index (χ4n) is 2.14. The number of anilines is 2. The van der Waals surface area contributed by atoms with Gasteiger partial charge in [0.05, 0.1) is 4.92 Å². The summed E-state index contributed by atoms with van der Waals surface area (Å²) in [4.78, 5) is 10.1. The van der Waals surface area contributed by atoms with Crippen LogP contribution in [-0.2, 0) is 0 Å². The van der Waals surface area contributed by atoms with Crippen LogP contribution in [0.5, 0.6) is 0 Å². The Balaban J connectivity index is 1.99. The van der Waals surface area contributed by atoms with Crippen LogP contribution in [0.25, 0.3) is 0 Å². The van der Waals surface area contributed by atoms with Gasteiger partial charge in [0.15, 0.2) is 0 Å². The predicted molar refractivity (Wildman–Crippen MR) is 67.9 cm³/mol. The van der Waals surface area contributed by atoms with Gasteiger partial charge in [0.25, 0.3) is 5.69 Å². The van der Waals surface area contributed by atoms with Crippen molar-refractivity contribution in [2.45, 2.75) is 32.2 Å². The number of nitro benzene ring substituents is 1. The third-order valence-corrected chi connectivity index (χ3v) is 3.16. The van der Waals surface area contributed by atoms with E-state index < -0.39 is 4.92 Å². The Morgan fingerprint density at radius 1 is 1.59 bits per heavy atom. The molecule has 0 radical (unpaired) electrons. The van der Waals surface area contributed by atoms with E-state index >= 15 is 0 Å². The van der Waals surface area contributed by atoms with Gasteiger partial charge in [0.1, 0.15) is 5.69 Å². The van der Waals surface area contributed by atoms with Gasteiger partial charge in [0, 0.05) is 17.8 Å². The molecule has 1 aromatic rings. The van der Waals surface area contributed by atoms with Gasteiger partial charge < -0.3 is 11.1 Å². The van der Waals surface area contributed by atoms with Gasteiger partial charge in [-0.05, 0) is 30.9 Å². The van der Waals surface area contributed by atoms with Crippen molar-refractivity contribution in [2.75, 3.05) is 11.1 Å². The zero-order valence-corrected chi connectivity index (χ0v) is 9.85. The average Bonchev–Trinajstić information content (AvgIpc) is 2.96. The molecule has 0 heterocycles. The molecule has 0 bridgehead atoms. The fourth-order valence-corrected chi connectivity index (χ4v) is 2.14. The Morgan fingerprint density at radius 3 is 2.94 bits per heavy atom.